The zero-order chi connectivity index (χ0) is 13.8. The molecular formula is C13H12ClFN2OS. The van der Waals surface area contributed by atoms with Gasteiger partial charge >= 0.3 is 6.03 Å². The first-order valence-corrected chi connectivity index (χ1v) is 6.82. The molecule has 100 valence electrons. The van der Waals surface area contributed by atoms with Crippen LogP contribution in [0, 0.1) is 5.82 Å². The van der Waals surface area contributed by atoms with E-state index in [0.29, 0.717) is 10.0 Å². The lowest BCUT2D eigenvalue weighted by atomic mass is 10.3. The van der Waals surface area contributed by atoms with Crippen LogP contribution in [0.5, 0.6) is 0 Å². The van der Waals surface area contributed by atoms with Crippen molar-refractivity contribution < 1.29 is 9.18 Å². The zero-order valence-electron chi connectivity index (χ0n) is 10.1. The summed E-state index contributed by atoms with van der Waals surface area (Å²) >= 11 is 7.26. The van der Waals surface area contributed by atoms with Crippen LogP contribution >= 0.6 is 22.9 Å². The third-order valence-corrected chi connectivity index (χ3v) is 3.88. The van der Waals surface area contributed by atoms with Crippen LogP contribution in [0.25, 0.3) is 0 Å². The third kappa shape index (κ3) is 3.94. The first-order chi connectivity index (χ1) is 9.04. The summed E-state index contributed by atoms with van der Waals surface area (Å²) in [5, 5.41) is 5.41. The number of halogens is 2. The van der Waals surface area contributed by atoms with Crippen LogP contribution in [0.2, 0.25) is 4.34 Å². The summed E-state index contributed by atoms with van der Waals surface area (Å²) < 4.78 is 13.4. The van der Waals surface area contributed by atoms with Gasteiger partial charge in [0.15, 0.2) is 0 Å². The SMILES string of the molecule is CC(NC(=O)Nc1ccc(F)cc1)c1ccc(Cl)s1. The molecule has 3 nitrogen and oxygen atoms in total. The van der Waals surface area contributed by atoms with Gasteiger partial charge in [-0.2, -0.15) is 0 Å². The van der Waals surface area contributed by atoms with Gasteiger partial charge in [0, 0.05) is 10.6 Å². The van der Waals surface area contributed by atoms with Gasteiger partial charge in [0.1, 0.15) is 5.82 Å². The molecule has 2 aromatic rings. The molecule has 0 fully saturated rings. The monoisotopic (exact) mass is 298 g/mol. The van der Waals surface area contributed by atoms with E-state index in [1.165, 1.54) is 35.6 Å². The normalized spacial score (nSPS) is 11.9. The van der Waals surface area contributed by atoms with Crippen molar-refractivity contribution in [3.8, 4) is 0 Å². The van der Waals surface area contributed by atoms with Crippen LogP contribution in [-0.2, 0) is 0 Å². The topological polar surface area (TPSA) is 41.1 Å². The molecule has 6 heteroatoms. The fraction of sp³-hybridized carbons (Fsp3) is 0.154. The molecule has 19 heavy (non-hydrogen) atoms. The lowest BCUT2D eigenvalue weighted by Crippen LogP contribution is -2.30. The van der Waals surface area contributed by atoms with Crippen molar-refractivity contribution in [2.45, 2.75) is 13.0 Å². The minimum atomic E-state index is -0.344. The predicted molar refractivity (Wildman–Crippen MR) is 76.3 cm³/mol. The number of carbonyl (C=O) groups is 1. The summed E-state index contributed by atoms with van der Waals surface area (Å²) in [6.45, 7) is 1.87. The van der Waals surface area contributed by atoms with E-state index < -0.39 is 0 Å². The van der Waals surface area contributed by atoms with Gasteiger partial charge in [0.05, 0.1) is 10.4 Å². The lowest BCUT2D eigenvalue weighted by Gasteiger charge is -2.13. The van der Waals surface area contributed by atoms with E-state index in [2.05, 4.69) is 10.6 Å². The minimum Gasteiger partial charge on any atom is -0.331 e. The summed E-state index contributed by atoms with van der Waals surface area (Å²) in [5.74, 6) is -0.340. The molecule has 1 unspecified atom stereocenters. The Hall–Kier alpha value is -1.59. The molecule has 0 aliphatic carbocycles. The molecule has 1 heterocycles. The lowest BCUT2D eigenvalue weighted by molar-refractivity contribution is 0.249. The Kier molecular flexibility index (Phi) is 4.39. The zero-order valence-corrected chi connectivity index (χ0v) is 11.7. The summed E-state index contributed by atoms with van der Waals surface area (Å²) in [6.07, 6.45) is 0. The van der Waals surface area contributed by atoms with E-state index >= 15 is 0 Å². The van der Waals surface area contributed by atoms with Crippen molar-refractivity contribution in [2.24, 2.45) is 0 Å². The number of hydrogen-bond acceptors (Lipinski definition) is 2. The Morgan fingerprint density at radius 2 is 1.95 bits per heavy atom. The van der Waals surface area contributed by atoms with Gasteiger partial charge in [-0.3, -0.25) is 0 Å². The van der Waals surface area contributed by atoms with E-state index in [1.807, 2.05) is 13.0 Å². The molecule has 0 bridgehead atoms. The number of anilines is 1. The fourth-order valence-corrected chi connectivity index (χ4v) is 2.59. The average molecular weight is 299 g/mol. The summed E-state index contributed by atoms with van der Waals surface area (Å²) in [5.41, 5.74) is 0.537. The van der Waals surface area contributed by atoms with Crippen LogP contribution in [0.4, 0.5) is 14.9 Å². The highest BCUT2D eigenvalue weighted by Gasteiger charge is 2.11. The van der Waals surface area contributed by atoms with Crippen LogP contribution in [0.1, 0.15) is 17.8 Å². The smallest absolute Gasteiger partial charge is 0.319 e. The van der Waals surface area contributed by atoms with Crippen molar-refractivity contribution >= 4 is 34.7 Å². The molecule has 0 spiro atoms. The van der Waals surface area contributed by atoms with Crippen molar-refractivity contribution in [1.82, 2.24) is 5.32 Å². The van der Waals surface area contributed by atoms with Gasteiger partial charge in [-0.25, -0.2) is 9.18 Å². The molecule has 2 rings (SSSR count). The van der Waals surface area contributed by atoms with Gasteiger partial charge in [-0.1, -0.05) is 11.6 Å². The van der Waals surface area contributed by atoms with Crippen molar-refractivity contribution in [3.63, 3.8) is 0 Å². The number of nitrogens with one attached hydrogen (secondary N) is 2. The molecular weight excluding hydrogens is 287 g/mol. The number of carbonyl (C=O) groups excluding carboxylic acids is 1. The Bertz CT molecular complexity index is 570. The van der Waals surface area contributed by atoms with Gasteiger partial charge in [0.2, 0.25) is 0 Å². The van der Waals surface area contributed by atoms with Crippen molar-refractivity contribution in [1.29, 1.82) is 0 Å². The van der Waals surface area contributed by atoms with Crippen molar-refractivity contribution in [3.05, 3.63) is 51.4 Å². The molecule has 0 saturated carbocycles. The number of amides is 2. The number of thiophene rings is 1. The predicted octanol–water partition coefficient (Wildman–Crippen LogP) is 4.42. The number of urea groups is 1. The second-order valence-electron chi connectivity index (χ2n) is 3.97. The maximum Gasteiger partial charge on any atom is 0.319 e. The second kappa shape index (κ2) is 6.04. The minimum absolute atomic E-state index is 0.141. The summed E-state index contributed by atoms with van der Waals surface area (Å²) in [7, 11) is 0. The molecule has 2 N–H and O–H groups in total. The van der Waals surface area contributed by atoms with E-state index in [0.717, 1.165) is 4.88 Å². The highest BCUT2D eigenvalue weighted by molar-refractivity contribution is 7.16. The number of benzene rings is 1. The maximum atomic E-state index is 12.7. The summed E-state index contributed by atoms with van der Waals surface area (Å²) in [6, 6.07) is 8.76. The molecule has 1 atom stereocenters. The highest BCUT2D eigenvalue weighted by Crippen LogP contribution is 2.26. The summed E-state index contributed by atoms with van der Waals surface area (Å²) in [4.78, 5) is 12.7. The molecule has 0 radical (unpaired) electrons. The molecule has 0 aliphatic heterocycles. The average Bonchev–Trinajstić information content (AvgIpc) is 2.79. The first-order valence-electron chi connectivity index (χ1n) is 5.63. The van der Waals surface area contributed by atoms with E-state index in [9.17, 15) is 9.18 Å². The number of hydrogen-bond donors (Lipinski definition) is 2. The van der Waals surface area contributed by atoms with Gasteiger partial charge in [-0.05, 0) is 43.3 Å². The molecule has 0 saturated heterocycles. The van der Waals surface area contributed by atoms with E-state index in [-0.39, 0.29) is 17.9 Å². The third-order valence-electron chi connectivity index (χ3n) is 2.47. The largest absolute Gasteiger partial charge is 0.331 e. The van der Waals surface area contributed by atoms with Crippen LogP contribution in [0.3, 0.4) is 0 Å². The quantitative estimate of drug-likeness (QED) is 0.865. The highest BCUT2D eigenvalue weighted by atomic mass is 35.5. The van der Waals surface area contributed by atoms with Gasteiger partial charge in [-0.15, -0.1) is 11.3 Å². The van der Waals surface area contributed by atoms with E-state index in [4.69, 9.17) is 11.6 Å². The molecule has 0 aliphatic rings. The van der Waals surface area contributed by atoms with Crippen molar-refractivity contribution in [2.75, 3.05) is 5.32 Å². The number of rotatable bonds is 3. The van der Waals surface area contributed by atoms with Gasteiger partial charge in [0.25, 0.3) is 0 Å². The first kappa shape index (κ1) is 13.8. The Balaban J connectivity index is 1.92. The second-order valence-corrected chi connectivity index (χ2v) is 5.72. The maximum absolute atomic E-state index is 12.7. The molecule has 2 amide bonds. The van der Waals surface area contributed by atoms with E-state index in [1.54, 1.807) is 6.07 Å². The van der Waals surface area contributed by atoms with Crippen LogP contribution in [-0.4, -0.2) is 6.03 Å². The Morgan fingerprint density at radius 3 is 2.53 bits per heavy atom. The van der Waals surface area contributed by atoms with Crippen LogP contribution < -0.4 is 10.6 Å². The Morgan fingerprint density at radius 1 is 1.26 bits per heavy atom. The van der Waals surface area contributed by atoms with Gasteiger partial charge < -0.3 is 10.6 Å². The molecule has 1 aromatic carbocycles. The van der Waals surface area contributed by atoms with Crippen LogP contribution in [0.15, 0.2) is 36.4 Å². The fourth-order valence-electron chi connectivity index (χ4n) is 1.53. The Labute approximate surface area is 119 Å². The molecule has 1 aromatic heterocycles. The standard InChI is InChI=1S/C13H12ClFN2OS/c1-8(11-6-7-12(14)19-11)16-13(18)17-10-4-2-9(15)3-5-10/h2-8H,1H3,(H2,16,17,18).